The van der Waals surface area contributed by atoms with Gasteiger partial charge in [-0.3, -0.25) is 9.69 Å². The number of hydrogen-bond acceptors (Lipinski definition) is 3. The van der Waals surface area contributed by atoms with E-state index in [9.17, 15) is 4.79 Å². The van der Waals surface area contributed by atoms with Crippen molar-refractivity contribution in [2.75, 3.05) is 32.8 Å². The summed E-state index contributed by atoms with van der Waals surface area (Å²) < 4.78 is 5.68. The number of ether oxygens (including phenoxy) is 1. The summed E-state index contributed by atoms with van der Waals surface area (Å²) in [4.78, 5) is 17.9. The molecule has 5 rings (SSSR count). The Hall–Kier alpha value is -1.39. The topological polar surface area (TPSA) is 32.8 Å². The third-order valence-corrected chi connectivity index (χ3v) is 6.96. The molecule has 4 nitrogen and oxygen atoms in total. The molecule has 2 unspecified atom stereocenters. The van der Waals surface area contributed by atoms with Gasteiger partial charge in [-0.15, -0.1) is 0 Å². The zero-order valence-corrected chi connectivity index (χ0v) is 14.9. The molecule has 3 saturated heterocycles. The fourth-order valence-electron chi connectivity index (χ4n) is 5.57. The lowest BCUT2D eigenvalue weighted by Crippen LogP contribution is -2.55. The third kappa shape index (κ3) is 2.70. The van der Waals surface area contributed by atoms with Gasteiger partial charge in [0.05, 0.1) is 5.54 Å². The Morgan fingerprint density at radius 1 is 1.08 bits per heavy atom. The van der Waals surface area contributed by atoms with Crippen LogP contribution in [0, 0.1) is 17.8 Å². The predicted molar refractivity (Wildman–Crippen MR) is 95.9 cm³/mol. The summed E-state index contributed by atoms with van der Waals surface area (Å²) in [5.41, 5.74) is 1.48. The van der Waals surface area contributed by atoms with Crippen LogP contribution in [-0.2, 0) is 16.1 Å². The molecule has 0 radical (unpaired) electrons. The van der Waals surface area contributed by atoms with Crippen molar-refractivity contribution < 1.29 is 9.53 Å². The average molecular weight is 340 g/mol. The SMILES string of the molecule is O=C(C1CC1)N1CC2CN(Cc3ccccc3)CC2C12CCOCC2. The Kier molecular flexibility index (Phi) is 3.86. The molecule has 134 valence electrons. The van der Waals surface area contributed by atoms with E-state index in [-0.39, 0.29) is 5.54 Å². The maximum Gasteiger partial charge on any atom is 0.226 e. The zero-order chi connectivity index (χ0) is 16.9. The number of nitrogens with zero attached hydrogens (tertiary/aromatic N) is 2. The second-order valence-electron chi connectivity index (χ2n) is 8.49. The summed E-state index contributed by atoms with van der Waals surface area (Å²) in [7, 11) is 0. The summed E-state index contributed by atoms with van der Waals surface area (Å²) >= 11 is 0. The van der Waals surface area contributed by atoms with Crippen molar-refractivity contribution in [3.05, 3.63) is 35.9 Å². The largest absolute Gasteiger partial charge is 0.381 e. The van der Waals surface area contributed by atoms with Crippen LogP contribution in [0.5, 0.6) is 0 Å². The van der Waals surface area contributed by atoms with Gasteiger partial charge >= 0.3 is 0 Å². The fraction of sp³-hybridized carbons (Fsp3) is 0.667. The molecule has 0 N–H and O–H groups in total. The van der Waals surface area contributed by atoms with E-state index in [4.69, 9.17) is 4.74 Å². The summed E-state index contributed by atoms with van der Waals surface area (Å²) in [6.07, 6.45) is 4.28. The number of carbonyl (C=O) groups excluding carboxylic acids is 1. The first-order valence-electron chi connectivity index (χ1n) is 9.92. The molecule has 1 amide bonds. The smallest absolute Gasteiger partial charge is 0.226 e. The molecule has 2 atom stereocenters. The number of amides is 1. The van der Waals surface area contributed by atoms with Crippen molar-refractivity contribution in [2.24, 2.45) is 17.8 Å². The maximum atomic E-state index is 13.0. The molecule has 4 heteroatoms. The Labute approximate surface area is 150 Å². The molecule has 4 fully saturated rings. The average Bonchev–Trinajstić information content (AvgIpc) is 3.36. The van der Waals surface area contributed by atoms with Crippen molar-refractivity contribution in [1.82, 2.24) is 9.80 Å². The number of benzene rings is 1. The normalized spacial score (nSPS) is 31.4. The summed E-state index contributed by atoms with van der Waals surface area (Å²) in [5.74, 6) is 2.05. The monoisotopic (exact) mass is 340 g/mol. The van der Waals surface area contributed by atoms with Gasteiger partial charge in [-0.1, -0.05) is 30.3 Å². The fourth-order valence-corrected chi connectivity index (χ4v) is 5.57. The lowest BCUT2D eigenvalue weighted by atomic mass is 9.76. The number of rotatable bonds is 3. The molecular formula is C21H28N2O2. The van der Waals surface area contributed by atoms with Crippen molar-refractivity contribution in [2.45, 2.75) is 37.8 Å². The van der Waals surface area contributed by atoms with Gasteiger partial charge in [0, 0.05) is 51.2 Å². The summed E-state index contributed by atoms with van der Waals surface area (Å²) in [6.45, 7) is 5.92. The molecule has 1 saturated carbocycles. The van der Waals surface area contributed by atoms with E-state index < -0.39 is 0 Å². The molecule has 3 aliphatic heterocycles. The molecule has 1 spiro atoms. The highest BCUT2D eigenvalue weighted by atomic mass is 16.5. The van der Waals surface area contributed by atoms with Crippen molar-refractivity contribution >= 4 is 5.91 Å². The van der Waals surface area contributed by atoms with Crippen LogP contribution in [0.1, 0.15) is 31.2 Å². The minimum Gasteiger partial charge on any atom is -0.381 e. The number of hydrogen-bond donors (Lipinski definition) is 0. The predicted octanol–water partition coefficient (Wildman–Crippen LogP) is 2.54. The van der Waals surface area contributed by atoms with Gasteiger partial charge in [-0.05, 0) is 37.2 Å². The van der Waals surface area contributed by atoms with Gasteiger partial charge in [0.1, 0.15) is 0 Å². The van der Waals surface area contributed by atoms with E-state index in [1.54, 1.807) is 0 Å². The Morgan fingerprint density at radius 2 is 1.84 bits per heavy atom. The van der Waals surface area contributed by atoms with Gasteiger partial charge < -0.3 is 9.64 Å². The molecule has 0 bridgehead atoms. The molecule has 1 aromatic rings. The van der Waals surface area contributed by atoms with Gasteiger partial charge in [0.15, 0.2) is 0 Å². The third-order valence-electron chi connectivity index (χ3n) is 6.96. The van der Waals surface area contributed by atoms with Crippen LogP contribution in [0.3, 0.4) is 0 Å². The Bertz CT molecular complexity index is 637. The Balaban J connectivity index is 1.36. The van der Waals surface area contributed by atoms with Crippen LogP contribution in [0.15, 0.2) is 30.3 Å². The summed E-state index contributed by atoms with van der Waals surface area (Å²) in [6, 6.07) is 10.8. The molecular weight excluding hydrogens is 312 g/mol. The molecule has 0 aromatic heterocycles. The molecule has 4 aliphatic rings. The highest BCUT2D eigenvalue weighted by molar-refractivity contribution is 5.82. The van der Waals surface area contributed by atoms with Crippen molar-refractivity contribution in [3.8, 4) is 0 Å². The van der Waals surface area contributed by atoms with Gasteiger partial charge in [0.2, 0.25) is 5.91 Å². The highest BCUT2D eigenvalue weighted by Gasteiger charge is 2.59. The van der Waals surface area contributed by atoms with Crippen LogP contribution in [0.2, 0.25) is 0 Å². The highest BCUT2D eigenvalue weighted by Crippen LogP contribution is 2.50. The van der Waals surface area contributed by atoms with Gasteiger partial charge in [-0.25, -0.2) is 0 Å². The number of likely N-dealkylation sites (tertiary alicyclic amines) is 2. The van der Waals surface area contributed by atoms with Crippen LogP contribution < -0.4 is 0 Å². The van der Waals surface area contributed by atoms with Gasteiger partial charge in [0.25, 0.3) is 0 Å². The number of carbonyl (C=O) groups is 1. The van der Waals surface area contributed by atoms with Gasteiger partial charge in [-0.2, -0.15) is 0 Å². The van der Waals surface area contributed by atoms with Crippen LogP contribution in [-0.4, -0.2) is 54.1 Å². The lowest BCUT2D eigenvalue weighted by molar-refractivity contribution is -0.142. The second kappa shape index (κ2) is 6.10. The summed E-state index contributed by atoms with van der Waals surface area (Å²) in [5, 5.41) is 0. The second-order valence-corrected chi connectivity index (χ2v) is 8.49. The molecule has 1 aromatic carbocycles. The molecule has 1 aliphatic carbocycles. The minimum atomic E-state index is 0.0774. The quantitative estimate of drug-likeness (QED) is 0.848. The standard InChI is InChI=1S/C21H28N2O2/c24-20(17-6-7-17)23-14-18-13-22(12-16-4-2-1-3-5-16)15-19(18)21(23)8-10-25-11-9-21/h1-5,17-19H,6-15H2. The molecule has 3 heterocycles. The van der Waals surface area contributed by atoms with E-state index >= 15 is 0 Å². The first kappa shape index (κ1) is 15.8. The van der Waals surface area contributed by atoms with Crippen molar-refractivity contribution in [1.29, 1.82) is 0 Å². The first-order valence-corrected chi connectivity index (χ1v) is 9.92. The van der Waals surface area contributed by atoms with E-state index in [0.717, 1.165) is 65.1 Å². The van der Waals surface area contributed by atoms with Crippen LogP contribution in [0.25, 0.3) is 0 Å². The minimum absolute atomic E-state index is 0.0774. The van der Waals surface area contributed by atoms with Crippen molar-refractivity contribution in [3.63, 3.8) is 0 Å². The lowest BCUT2D eigenvalue weighted by Gasteiger charge is -2.45. The maximum absolute atomic E-state index is 13.0. The number of fused-ring (bicyclic) bond motifs is 2. The van der Waals surface area contributed by atoms with Crippen LogP contribution in [0.4, 0.5) is 0 Å². The van der Waals surface area contributed by atoms with E-state index in [2.05, 4.69) is 40.1 Å². The Morgan fingerprint density at radius 3 is 2.56 bits per heavy atom. The molecule has 25 heavy (non-hydrogen) atoms. The van der Waals surface area contributed by atoms with E-state index in [0.29, 0.717) is 23.7 Å². The van der Waals surface area contributed by atoms with Crippen LogP contribution >= 0.6 is 0 Å². The van der Waals surface area contributed by atoms with E-state index in [1.165, 1.54) is 5.56 Å². The first-order chi connectivity index (χ1) is 12.3. The zero-order valence-electron chi connectivity index (χ0n) is 14.9. The van der Waals surface area contributed by atoms with E-state index in [1.807, 2.05) is 0 Å².